The Hall–Kier alpha value is -1.62. The zero-order chi connectivity index (χ0) is 17.6. The predicted octanol–water partition coefficient (Wildman–Crippen LogP) is 3.65. The third kappa shape index (κ3) is 4.72. The van der Waals surface area contributed by atoms with Gasteiger partial charge in [-0.2, -0.15) is 0 Å². The average molecular weight is 348 g/mol. The number of hydrogen-bond acceptors (Lipinski definition) is 3. The van der Waals surface area contributed by atoms with E-state index < -0.39 is 6.17 Å². The van der Waals surface area contributed by atoms with Crippen LogP contribution in [0.3, 0.4) is 0 Å². The summed E-state index contributed by atoms with van der Waals surface area (Å²) in [5, 5.41) is 0. The lowest BCUT2D eigenvalue weighted by Crippen LogP contribution is -2.46. The highest BCUT2D eigenvalue weighted by molar-refractivity contribution is 5.97. The second kappa shape index (κ2) is 8.65. The molecule has 2 heterocycles. The molecule has 25 heavy (non-hydrogen) atoms. The Bertz CT molecular complexity index is 573. The van der Waals surface area contributed by atoms with Crippen molar-refractivity contribution in [3.8, 4) is 5.75 Å². The number of alkyl halides is 1. The molecule has 0 saturated carbocycles. The molecule has 1 atom stereocenters. The van der Waals surface area contributed by atoms with E-state index in [2.05, 4.69) is 11.8 Å². The summed E-state index contributed by atoms with van der Waals surface area (Å²) in [5.74, 6) is 1.30. The number of halogens is 1. The van der Waals surface area contributed by atoms with E-state index in [0.717, 1.165) is 19.0 Å². The Labute approximate surface area is 149 Å². The van der Waals surface area contributed by atoms with Crippen LogP contribution in [0.2, 0.25) is 0 Å². The van der Waals surface area contributed by atoms with Crippen molar-refractivity contribution in [2.45, 2.75) is 45.2 Å². The number of para-hydroxylation sites is 2. The van der Waals surface area contributed by atoms with Crippen molar-refractivity contribution in [1.82, 2.24) is 4.90 Å². The largest absolute Gasteiger partial charge is 0.482 e. The molecule has 0 spiro atoms. The van der Waals surface area contributed by atoms with E-state index in [1.54, 1.807) is 0 Å². The molecule has 2 aliphatic heterocycles. The molecular formula is C20H29FN2O2. The van der Waals surface area contributed by atoms with Crippen molar-refractivity contribution in [2.24, 2.45) is 5.92 Å². The number of carbonyl (C=O) groups is 1. The van der Waals surface area contributed by atoms with Gasteiger partial charge in [-0.1, -0.05) is 38.3 Å². The molecule has 1 saturated heterocycles. The summed E-state index contributed by atoms with van der Waals surface area (Å²) in [4.78, 5) is 15.9. The normalized spacial score (nSPS) is 20.2. The van der Waals surface area contributed by atoms with Gasteiger partial charge in [-0.3, -0.25) is 4.79 Å². The van der Waals surface area contributed by atoms with Crippen molar-refractivity contribution in [3.63, 3.8) is 0 Å². The van der Waals surface area contributed by atoms with Crippen LogP contribution in [-0.2, 0) is 4.79 Å². The van der Waals surface area contributed by atoms with E-state index in [1.165, 1.54) is 37.0 Å². The topological polar surface area (TPSA) is 32.8 Å². The molecule has 3 rings (SSSR count). The van der Waals surface area contributed by atoms with Crippen molar-refractivity contribution >= 4 is 11.6 Å². The standard InChI is InChI=1S/C20H29FN2O2/c1-2-3-6-16-9-11-22(12-10-16)13-17(21)14-23-18-7-4-5-8-19(18)25-15-20(23)24/h4-5,7-8,16-17H,2-3,6,9-15H2,1H3. The van der Waals surface area contributed by atoms with Crippen molar-refractivity contribution < 1.29 is 13.9 Å². The molecular weight excluding hydrogens is 319 g/mol. The molecule has 2 aliphatic rings. The molecule has 0 bridgehead atoms. The lowest BCUT2D eigenvalue weighted by Gasteiger charge is -2.34. The van der Waals surface area contributed by atoms with E-state index in [4.69, 9.17) is 4.74 Å². The number of rotatable bonds is 7. The van der Waals surface area contributed by atoms with Crippen LogP contribution in [0, 0.1) is 5.92 Å². The second-order valence-corrected chi connectivity index (χ2v) is 7.24. The molecule has 1 aromatic rings. The van der Waals surface area contributed by atoms with Gasteiger partial charge in [0.1, 0.15) is 11.9 Å². The fourth-order valence-electron chi connectivity index (χ4n) is 3.84. The van der Waals surface area contributed by atoms with Crippen LogP contribution in [0.1, 0.15) is 39.0 Å². The molecule has 0 aliphatic carbocycles. The molecule has 1 unspecified atom stereocenters. The van der Waals surface area contributed by atoms with Gasteiger partial charge in [-0.05, 0) is 44.0 Å². The Kier molecular flexibility index (Phi) is 6.29. The van der Waals surface area contributed by atoms with E-state index in [9.17, 15) is 9.18 Å². The molecule has 138 valence electrons. The van der Waals surface area contributed by atoms with Crippen LogP contribution in [0.4, 0.5) is 10.1 Å². The van der Waals surface area contributed by atoms with Gasteiger partial charge in [0.2, 0.25) is 0 Å². The minimum Gasteiger partial charge on any atom is -0.482 e. The predicted molar refractivity (Wildman–Crippen MR) is 97.9 cm³/mol. The number of nitrogens with zero attached hydrogens (tertiary/aromatic N) is 2. The van der Waals surface area contributed by atoms with Crippen LogP contribution in [-0.4, -0.2) is 49.8 Å². The first-order chi connectivity index (χ1) is 12.2. The van der Waals surface area contributed by atoms with Crippen LogP contribution >= 0.6 is 0 Å². The summed E-state index contributed by atoms with van der Waals surface area (Å²) in [7, 11) is 0. The van der Waals surface area contributed by atoms with Gasteiger partial charge < -0.3 is 14.5 Å². The molecule has 1 amide bonds. The van der Waals surface area contributed by atoms with E-state index in [-0.39, 0.29) is 19.1 Å². The van der Waals surface area contributed by atoms with Crippen LogP contribution in [0.5, 0.6) is 5.75 Å². The highest BCUT2D eigenvalue weighted by atomic mass is 19.1. The van der Waals surface area contributed by atoms with Gasteiger partial charge in [0.15, 0.2) is 6.61 Å². The number of fused-ring (bicyclic) bond motifs is 1. The van der Waals surface area contributed by atoms with E-state index in [0.29, 0.717) is 18.0 Å². The van der Waals surface area contributed by atoms with Crippen LogP contribution in [0.25, 0.3) is 0 Å². The van der Waals surface area contributed by atoms with Gasteiger partial charge >= 0.3 is 0 Å². The first-order valence-electron chi connectivity index (χ1n) is 9.56. The van der Waals surface area contributed by atoms with E-state index >= 15 is 0 Å². The number of amides is 1. The number of benzene rings is 1. The Morgan fingerprint density at radius 1 is 1.24 bits per heavy atom. The number of unbranched alkanes of at least 4 members (excludes halogenated alkanes) is 1. The average Bonchev–Trinajstić information content (AvgIpc) is 2.63. The third-order valence-electron chi connectivity index (χ3n) is 5.32. The molecule has 0 radical (unpaired) electrons. The lowest BCUT2D eigenvalue weighted by atomic mass is 9.91. The fraction of sp³-hybridized carbons (Fsp3) is 0.650. The van der Waals surface area contributed by atoms with E-state index in [1.807, 2.05) is 24.3 Å². The maximum Gasteiger partial charge on any atom is 0.265 e. The zero-order valence-electron chi connectivity index (χ0n) is 15.1. The Balaban J connectivity index is 1.50. The number of piperidine rings is 1. The summed E-state index contributed by atoms with van der Waals surface area (Å²) in [6.07, 6.45) is 5.17. The van der Waals surface area contributed by atoms with Crippen LogP contribution in [0.15, 0.2) is 24.3 Å². The summed E-state index contributed by atoms with van der Waals surface area (Å²) < 4.78 is 20.1. The van der Waals surface area contributed by atoms with Crippen LogP contribution < -0.4 is 9.64 Å². The van der Waals surface area contributed by atoms with Crippen molar-refractivity contribution in [1.29, 1.82) is 0 Å². The fourth-order valence-corrected chi connectivity index (χ4v) is 3.84. The third-order valence-corrected chi connectivity index (χ3v) is 5.32. The minimum atomic E-state index is -1.04. The number of hydrogen-bond donors (Lipinski definition) is 0. The maximum atomic E-state index is 14.7. The highest BCUT2D eigenvalue weighted by Crippen LogP contribution is 2.32. The van der Waals surface area contributed by atoms with Gasteiger partial charge in [0.25, 0.3) is 5.91 Å². The maximum absolute atomic E-state index is 14.7. The molecule has 1 fully saturated rings. The Morgan fingerprint density at radius 3 is 2.76 bits per heavy atom. The molecule has 5 heteroatoms. The van der Waals surface area contributed by atoms with Gasteiger partial charge in [-0.25, -0.2) is 4.39 Å². The Morgan fingerprint density at radius 2 is 2.00 bits per heavy atom. The molecule has 1 aromatic carbocycles. The zero-order valence-corrected chi connectivity index (χ0v) is 15.1. The van der Waals surface area contributed by atoms with Crippen molar-refractivity contribution in [2.75, 3.05) is 37.7 Å². The smallest absolute Gasteiger partial charge is 0.265 e. The first-order valence-corrected chi connectivity index (χ1v) is 9.56. The lowest BCUT2D eigenvalue weighted by molar-refractivity contribution is -0.121. The van der Waals surface area contributed by atoms with Gasteiger partial charge in [0.05, 0.1) is 12.2 Å². The summed E-state index contributed by atoms with van der Waals surface area (Å²) in [6, 6.07) is 7.35. The molecule has 0 N–H and O–H groups in total. The number of anilines is 1. The van der Waals surface area contributed by atoms with Crippen molar-refractivity contribution in [3.05, 3.63) is 24.3 Å². The monoisotopic (exact) mass is 348 g/mol. The summed E-state index contributed by atoms with van der Waals surface area (Å²) in [5.41, 5.74) is 0.680. The molecule has 0 aromatic heterocycles. The number of ether oxygens (including phenoxy) is 1. The first kappa shape index (κ1) is 18.2. The SMILES string of the molecule is CCCCC1CCN(CC(F)CN2C(=O)COc3ccccc32)CC1. The second-order valence-electron chi connectivity index (χ2n) is 7.24. The molecule has 4 nitrogen and oxygen atoms in total. The summed E-state index contributed by atoms with van der Waals surface area (Å²) in [6.45, 7) is 4.69. The van der Waals surface area contributed by atoms with Gasteiger partial charge in [-0.15, -0.1) is 0 Å². The minimum absolute atomic E-state index is 0.00738. The quantitative estimate of drug-likeness (QED) is 0.754. The number of carbonyl (C=O) groups excluding carboxylic acids is 1. The summed E-state index contributed by atoms with van der Waals surface area (Å²) >= 11 is 0. The number of likely N-dealkylation sites (tertiary alicyclic amines) is 1. The highest BCUT2D eigenvalue weighted by Gasteiger charge is 2.29. The van der Waals surface area contributed by atoms with Gasteiger partial charge in [0, 0.05) is 6.54 Å².